The minimum atomic E-state index is -2.84. The summed E-state index contributed by atoms with van der Waals surface area (Å²) in [7, 11) is 0. The molecule has 1 unspecified atom stereocenters. The first-order chi connectivity index (χ1) is 15.1. The monoisotopic (exact) mass is 558 g/mol. The molecule has 0 aromatic heterocycles. The van der Waals surface area contributed by atoms with Crippen molar-refractivity contribution >= 4 is 29.9 Å². The number of halogens is 3. The fraction of sp³-hybridized carbons (Fsp3) is 0.458. The summed E-state index contributed by atoms with van der Waals surface area (Å²) in [6.45, 7) is 4.27. The summed E-state index contributed by atoms with van der Waals surface area (Å²) < 4.78 is 29.8. The van der Waals surface area contributed by atoms with Gasteiger partial charge in [0.2, 0.25) is 0 Å². The Morgan fingerprint density at radius 1 is 1.12 bits per heavy atom. The third-order valence-electron chi connectivity index (χ3n) is 5.43. The maximum absolute atomic E-state index is 12.6. The molecule has 1 fully saturated rings. The molecule has 0 spiro atoms. The summed E-state index contributed by atoms with van der Waals surface area (Å²) in [6, 6.07) is 17.4. The van der Waals surface area contributed by atoms with Gasteiger partial charge in [0.1, 0.15) is 5.75 Å². The highest BCUT2D eigenvalue weighted by molar-refractivity contribution is 14.0. The van der Waals surface area contributed by atoms with Crippen LogP contribution in [0.25, 0.3) is 0 Å². The summed E-state index contributed by atoms with van der Waals surface area (Å²) in [4.78, 5) is 7.08. The van der Waals surface area contributed by atoms with Crippen LogP contribution in [0.4, 0.5) is 8.78 Å². The number of nitrogens with one attached hydrogen (secondary N) is 2. The highest BCUT2D eigenvalue weighted by atomic mass is 127. The van der Waals surface area contributed by atoms with Crippen molar-refractivity contribution in [1.29, 1.82) is 0 Å². The van der Waals surface area contributed by atoms with E-state index in [1.807, 2.05) is 6.92 Å². The van der Waals surface area contributed by atoms with Crippen LogP contribution < -0.4 is 15.4 Å². The summed E-state index contributed by atoms with van der Waals surface area (Å²) in [5, 5.41) is 6.64. The summed E-state index contributed by atoms with van der Waals surface area (Å²) in [5.41, 5.74) is 2.01. The number of likely N-dealkylation sites (tertiary alicyclic amines) is 1. The zero-order chi connectivity index (χ0) is 21.9. The number of guanidine groups is 1. The number of benzene rings is 2. The van der Waals surface area contributed by atoms with Gasteiger partial charge < -0.3 is 20.3 Å². The molecule has 2 N–H and O–H groups in total. The second-order valence-corrected chi connectivity index (χ2v) is 7.75. The Balaban J connectivity index is 0.00000363. The smallest absolute Gasteiger partial charge is 0.387 e. The molecule has 8 heteroatoms. The van der Waals surface area contributed by atoms with Gasteiger partial charge in [-0.05, 0) is 43.9 Å². The summed E-state index contributed by atoms with van der Waals surface area (Å²) >= 11 is 0. The molecule has 1 aliphatic rings. The van der Waals surface area contributed by atoms with E-state index < -0.39 is 6.61 Å². The van der Waals surface area contributed by atoms with Gasteiger partial charge in [0.15, 0.2) is 5.96 Å². The lowest BCUT2D eigenvalue weighted by atomic mass is 10.1. The first-order valence-electron chi connectivity index (χ1n) is 10.9. The summed E-state index contributed by atoms with van der Waals surface area (Å²) in [5.74, 6) is 1.42. The Bertz CT molecular complexity index is 823. The van der Waals surface area contributed by atoms with Gasteiger partial charge in [-0.3, -0.25) is 0 Å². The number of hydrogen-bond acceptors (Lipinski definition) is 3. The molecule has 1 heterocycles. The standard InChI is InChI=1S/C24H32F2N4O.HI/c1-2-27-24(29-17-21-10-6-7-11-22(21)31-23(25)26)28-16-20-13-15-30(18-20)14-12-19-8-4-3-5-9-19;/h3-11,20,23H,2,12-18H2,1H3,(H2,27,28,29);1H. The zero-order valence-electron chi connectivity index (χ0n) is 18.5. The van der Waals surface area contributed by atoms with Crippen LogP contribution in [0, 0.1) is 5.92 Å². The van der Waals surface area contributed by atoms with Crippen molar-refractivity contribution in [2.45, 2.75) is 32.9 Å². The highest BCUT2D eigenvalue weighted by Crippen LogP contribution is 2.21. The molecule has 2 aromatic rings. The number of aliphatic imine (C=N–C) groups is 1. The van der Waals surface area contributed by atoms with Crippen LogP contribution >= 0.6 is 24.0 Å². The third-order valence-corrected chi connectivity index (χ3v) is 5.43. The molecular formula is C24H33F2IN4O. The number of alkyl halides is 2. The van der Waals surface area contributed by atoms with E-state index in [0.717, 1.165) is 45.6 Å². The molecule has 1 atom stereocenters. The lowest BCUT2D eigenvalue weighted by Gasteiger charge is -2.18. The maximum Gasteiger partial charge on any atom is 0.387 e. The van der Waals surface area contributed by atoms with Crippen LogP contribution in [-0.4, -0.2) is 50.2 Å². The van der Waals surface area contributed by atoms with Crippen LogP contribution in [0.3, 0.4) is 0 Å². The SMILES string of the molecule is CCNC(=NCc1ccccc1OC(F)F)NCC1CCN(CCc2ccccc2)C1.I. The number of ether oxygens (including phenoxy) is 1. The Morgan fingerprint density at radius 3 is 2.62 bits per heavy atom. The number of hydrogen-bond donors (Lipinski definition) is 2. The number of para-hydroxylation sites is 1. The van der Waals surface area contributed by atoms with Crippen molar-refractivity contribution in [2.24, 2.45) is 10.9 Å². The van der Waals surface area contributed by atoms with Crippen molar-refractivity contribution < 1.29 is 13.5 Å². The molecule has 0 saturated carbocycles. The second-order valence-electron chi connectivity index (χ2n) is 7.75. The van der Waals surface area contributed by atoms with Crippen LogP contribution in [0.15, 0.2) is 59.6 Å². The molecule has 32 heavy (non-hydrogen) atoms. The average molecular weight is 558 g/mol. The Morgan fingerprint density at radius 2 is 1.88 bits per heavy atom. The van der Waals surface area contributed by atoms with Crippen molar-refractivity contribution in [3.05, 3.63) is 65.7 Å². The fourth-order valence-electron chi connectivity index (χ4n) is 3.81. The van der Waals surface area contributed by atoms with Gasteiger partial charge >= 0.3 is 6.61 Å². The molecule has 0 bridgehead atoms. The first kappa shape index (κ1) is 26.3. The molecule has 1 aliphatic heterocycles. The topological polar surface area (TPSA) is 48.9 Å². The second kappa shape index (κ2) is 14.3. The highest BCUT2D eigenvalue weighted by Gasteiger charge is 2.22. The van der Waals surface area contributed by atoms with Crippen molar-refractivity contribution in [2.75, 3.05) is 32.7 Å². The predicted molar refractivity (Wildman–Crippen MR) is 136 cm³/mol. The van der Waals surface area contributed by atoms with Crippen LogP contribution in [0.1, 0.15) is 24.5 Å². The molecular weight excluding hydrogens is 525 g/mol. The van der Waals surface area contributed by atoms with E-state index in [1.54, 1.807) is 24.3 Å². The van der Waals surface area contributed by atoms with E-state index in [1.165, 1.54) is 5.56 Å². The van der Waals surface area contributed by atoms with E-state index in [2.05, 4.69) is 55.6 Å². The van der Waals surface area contributed by atoms with Crippen molar-refractivity contribution in [3.63, 3.8) is 0 Å². The van der Waals surface area contributed by atoms with Gasteiger partial charge in [-0.1, -0.05) is 48.5 Å². The maximum atomic E-state index is 12.6. The minimum absolute atomic E-state index is 0. The number of rotatable bonds is 10. The summed E-state index contributed by atoms with van der Waals surface area (Å²) in [6.07, 6.45) is 2.23. The van der Waals surface area contributed by atoms with Crippen LogP contribution in [0.5, 0.6) is 5.75 Å². The van der Waals surface area contributed by atoms with Gasteiger partial charge in [-0.2, -0.15) is 8.78 Å². The molecule has 1 saturated heterocycles. The van der Waals surface area contributed by atoms with Crippen LogP contribution in [0.2, 0.25) is 0 Å². The molecule has 176 valence electrons. The third kappa shape index (κ3) is 8.90. The van der Waals surface area contributed by atoms with Gasteiger partial charge in [0, 0.05) is 31.7 Å². The first-order valence-corrected chi connectivity index (χ1v) is 10.9. The van der Waals surface area contributed by atoms with E-state index in [4.69, 9.17) is 0 Å². The molecule has 5 nitrogen and oxygen atoms in total. The zero-order valence-corrected chi connectivity index (χ0v) is 20.8. The Kier molecular flexibility index (Phi) is 11.7. The van der Waals surface area contributed by atoms with Crippen LogP contribution in [-0.2, 0) is 13.0 Å². The van der Waals surface area contributed by atoms with E-state index in [9.17, 15) is 8.78 Å². The lowest BCUT2D eigenvalue weighted by molar-refractivity contribution is -0.0504. The molecule has 3 rings (SSSR count). The minimum Gasteiger partial charge on any atom is -0.434 e. The van der Waals surface area contributed by atoms with Gasteiger partial charge in [-0.15, -0.1) is 24.0 Å². The largest absolute Gasteiger partial charge is 0.434 e. The Labute approximate surface area is 206 Å². The molecule has 2 aromatic carbocycles. The quantitative estimate of drug-likeness (QED) is 0.256. The fourth-order valence-corrected chi connectivity index (χ4v) is 3.81. The van der Waals surface area contributed by atoms with Crippen molar-refractivity contribution in [1.82, 2.24) is 15.5 Å². The van der Waals surface area contributed by atoms with E-state index in [-0.39, 0.29) is 36.3 Å². The van der Waals surface area contributed by atoms with E-state index >= 15 is 0 Å². The Hall–Kier alpha value is -1.94. The van der Waals surface area contributed by atoms with Gasteiger partial charge in [0.05, 0.1) is 6.54 Å². The normalized spacial score (nSPS) is 16.6. The molecule has 0 amide bonds. The van der Waals surface area contributed by atoms with Crippen molar-refractivity contribution in [3.8, 4) is 5.75 Å². The van der Waals surface area contributed by atoms with Gasteiger partial charge in [-0.25, -0.2) is 4.99 Å². The average Bonchev–Trinajstić information content (AvgIpc) is 3.23. The predicted octanol–water partition coefficient (Wildman–Crippen LogP) is 4.53. The molecule has 0 aliphatic carbocycles. The molecule has 0 radical (unpaired) electrons. The lowest BCUT2D eigenvalue weighted by Crippen LogP contribution is -2.40. The van der Waals surface area contributed by atoms with E-state index in [0.29, 0.717) is 17.4 Å². The number of nitrogens with zero attached hydrogens (tertiary/aromatic N) is 2. The van der Waals surface area contributed by atoms with Gasteiger partial charge in [0.25, 0.3) is 0 Å².